The van der Waals surface area contributed by atoms with E-state index in [-0.39, 0.29) is 18.1 Å². The Bertz CT molecular complexity index is 377. The minimum Gasteiger partial charge on any atom is -0.466 e. The molecule has 5 nitrogen and oxygen atoms in total. The minimum atomic E-state index is -0.539. The fraction of sp³-hybridized carbons (Fsp3) is 0.417. The third-order valence-electron chi connectivity index (χ3n) is 1.94. The van der Waals surface area contributed by atoms with Crippen molar-refractivity contribution < 1.29 is 19.1 Å². The minimum absolute atomic E-state index is 0.0480. The lowest BCUT2D eigenvalue weighted by Gasteiger charge is -2.11. The number of nitrogens with zero attached hydrogens (tertiary/aromatic N) is 1. The third-order valence-corrected chi connectivity index (χ3v) is 1.94. The number of pyridine rings is 1. The van der Waals surface area contributed by atoms with Gasteiger partial charge in [0.1, 0.15) is 11.8 Å². The van der Waals surface area contributed by atoms with Crippen molar-refractivity contribution in [1.82, 2.24) is 4.98 Å². The summed E-state index contributed by atoms with van der Waals surface area (Å²) < 4.78 is 9.81. The van der Waals surface area contributed by atoms with Crippen molar-refractivity contribution in [3.63, 3.8) is 0 Å². The Morgan fingerprint density at radius 1 is 1.41 bits per heavy atom. The van der Waals surface area contributed by atoms with E-state index in [0.717, 1.165) is 0 Å². The Labute approximate surface area is 99.8 Å². The Hall–Kier alpha value is -1.91. The summed E-state index contributed by atoms with van der Waals surface area (Å²) in [7, 11) is 0. The van der Waals surface area contributed by atoms with E-state index in [1.807, 2.05) is 0 Å². The molecule has 0 aliphatic carbocycles. The Kier molecular flexibility index (Phi) is 5.13. The van der Waals surface area contributed by atoms with Crippen LogP contribution in [0.3, 0.4) is 0 Å². The molecule has 1 aromatic rings. The van der Waals surface area contributed by atoms with Gasteiger partial charge in [0.05, 0.1) is 13.0 Å². The van der Waals surface area contributed by atoms with Gasteiger partial charge in [0, 0.05) is 6.20 Å². The summed E-state index contributed by atoms with van der Waals surface area (Å²) in [6, 6.07) is 4.96. The molecule has 0 spiro atoms. The van der Waals surface area contributed by atoms with E-state index < -0.39 is 12.1 Å². The van der Waals surface area contributed by atoms with Crippen molar-refractivity contribution in [2.24, 2.45) is 0 Å². The van der Waals surface area contributed by atoms with Gasteiger partial charge in [-0.15, -0.1) is 0 Å². The molecule has 1 aromatic heterocycles. The smallest absolute Gasteiger partial charge is 0.357 e. The Morgan fingerprint density at radius 2 is 2.18 bits per heavy atom. The van der Waals surface area contributed by atoms with Gasteiger partial charge in [0.2, 0.25) is 0 Å². The number of ether oxygens (including phenoxy) is 2. The van der Waals surface area contributed by atoms with Crippen LogP contribution in [0.1, 0.15) is 30.8 Å². The Balaban J connectivity index is 2.44. The first-order chi connectivity index (χ1) is 8.13. The van der Waals surface area contributed by atoms with Crippen LogP contribution in [0, 0.1) is 0 Å². The number of esters is 2. The molecule has 0 aliphatic rings. The van der Waals surface area contributed by atoms with Crippen LogP contribution >= 0.6 is 0 Å². The molecule has 0 aliphatic heterocycles. The molecule has 0 saturated carbocycles. The molecule has 0 aromatic carbocycles. The van der Waals surface area contributed by atoms with E-state index in [4.69, 9.17) is 9.47 Å². The highest BCUT2D eigenvalue weighted by Gasteiger charge is 2.16. The summed E-state index contributed by atoms with van der Waals surface area (Å²) >= 11 is 0. The highest BCUT2D eigenvalue weighted by Crippen LogP contribution is 2.04. The first-order valence-corrected chi connectivity index (χ1v) is 5.41. The number of carbonyl (C=O) groups is 2. The SMILES string of the molecule is CCOC(=O)CC(C)OC(=O)c1ccccn1. The van der Waals surface area contributed by atoms with Gasteiger partial charge in [-0.05, 0) is 26.0 Å². The normalized spacial score (nSPS) is 11.6. The molecule has 0 fully saturated rings. The summed E-state index contributed by atoms with van der Waals surface area (Å²) in [5.41, 5.74) is 0.225. The highest BCUT2D eigenvalue weighted by molar-refractivity contribution is 5.87. The predicted octanol–water partition coefficient (Wildman–Crippen LogP) is 1.58. The predicted molar refractivity (Wildman–Crippen MR) is 60.4 cm³/mol. The second-order valence-corrected chi connectivity index (χ2v) is 3.44. The number of hydrogen-bond donors (Lipinski definition) is 0. The second kappa shape index (κ2) is 6.62. The van der Waals surface area contributed by atoms with Crippen molar-refractivity contribution in [3.05, 3.63) is 30.1 Å². The average Bonchev–Trinajstić information content (AvgIpc) is 2.30. The molecule has 0 saturated heterocycles. The number of hydrogen-bond acceptors (Lipinski definition) is 5. The molecule has 0 amide bonds. The summed E-state index contributed by atoms with van der Waals surface area (Å²) in [6.45, 7) is 3.68. The molecule has 1 rings (SSSR count). The summed E-state index contributed by atoms with van der Waals surface area (Å²) in [6.07, 6.45) is 1.03. The lowest BCUT2D eigenvalue weighted by Crippen LogP contribution is -2.20. The zero-order valence-electron chi connectivity index (χ0n) is 9.88. The molecule has 1 heterocycles. The van der Waals surface area contributed by atoms with Gasteiger partial charge in [-0.2, -0.15) is 0 Å². The molecule has 0 N–H and O–H groups in total. The molecule has 92 valence electrons. The van der Waals surface area contributed by atoms with Crippen LogP contribution in [-0.2, 0) is 14.3 Å². The van der Waals surface area contributed by atoms with Gasteiger partial charge in [0.15, 0.2) is 0 Å². The molecular formula is C12H15NO4. The number of carbonyl (C=O) groups excluding carboxylic acids is 2. The van der Waals surface area contributed by atoms with Crippen LogP contribution in [-0.4, -0.2) is 29.6 Å². The van der Waals surface area contributed by atoms with Crippen LogP contribution in [0.4, 0.5) is 0 Å². The topological polar surface area (TPSA) is 65.5 Å². The van der Waals surface area contributed by atoms with Crippen molar-refractivity contribution in [1.29, 1.82) is 0 Å². The van der Waals surface area contributed by atoms with E-state index in [9.17, 15) is 9.59 Å². The molecule has 0 bridgehead atoms. The molecule has 1 atom stereocenters. The van der Waals surface area contributed by atoms with Gasteiger partial charge < -0.3 is 9.47 Å². The fourth-order valence-electron chi connectivity index (χ4n) is 1.22. The van der Waals surface area contributed by atoms with Crippen molar-refractivity contribution in [2.45, 2.75) is 26.4 Å². The fourth-order valence-corrected chi connectivity index (χ4v) is 1.22. The average molecular weight is 237 g/mol. The number of aromatic nitrogens is 1. The van der Waals surface area contributed by atoms with Gasteiger partial charge in [-0.1, -0.05) is 6.07 Å². The van der Waals surface area contributed by atoms with Gasteiger partial charge in [-0.3, -0.25) is 4.79 Å². The molecule has 5 heteroatoms. The van der Waals surface area contributed by atoms with Gasteiger partial charge in [-0.25, -0.2) is 9.78 Å². The first-order valence-electron chi connectivity index (χ1n) is 5.41. The first kappa shape index (κ1) is 13.2. The lowest BCUT2D eigenvalue weighted by atomic mass is 10.3. The molecule has 1 unspecified atom stereocenters. The van der Waals surface area contributed by atoms with Gasteiger partial charge in [0.25, 0.3) is 0 Å². The largest absolute Gasteiger partial charge is 0.466 e. The van der Waals surface area contributed by atoms with Gasteiger partial charge >= 0.3 is 11.9 Å². The standard InChI is InChI=1S/C12H15NO4/c1-3-16-11(14)8-9(2)17-12(15)10-6-4-5-7-13-10/h4-7,9H,3,8H2,1-2H3. The quantitative estimate of drug-likeness (QED) is 0.727. The van der Waals surface area contributed by atoms with Crippen LogP contribution in [0.2, 0.25) is 0 Å². The van der Waals surface area contributed by atoms with E-state index in [1.165, 1.54) is 6.20 Å². The summed E-state index contributed by atoms with van der Waals surface area (Å²) in [5.74, 6) is -0.920. The molecule has 0 radical (unpaired) electrons. The lowest BCUT2D eigenvalue weighted by molar-refractivity contribution is -0.145. The van der Waals surface area contributed by atoms with Crippen molar-refractivity contribution in [3.8, 4) is 0 Å². The Morgan fingerprint density at radius 3 is 2.76 bits per heavy atom. The summed E-state index contributed by atoms with van der Waals surface area (Å²) in [5, 5.41) is 0. The second-order valence-electron chi connectivity index (χ2n) is 3.44. The number of rotatable bonds is 5. The van der Waals surface area contributed by atoms with Crippen LogP contribution in [0.15, 0.2) is 24.4 Å². The van der Waals surface area contributed by atoms with E-state index in [1.54, 1.807) is 32.0 Å². The van der Waals surface area contributed by atoms with E-state index in [2.05, 4.69) is 4.98 Å². The monoisotopic (exact) mass is 237 g/mol. The highest BCUT2D eigenvalue weighted by atomic mass is 16.6. The third kappa shape index (κ3) is 4.63. The molecule has 17 heavy (non-hydrogen) atoms. The maximum atomic E-state index is 11.6. The van der Waals surface area contributed by atoms with E-state index >= 15 is 0 Å². The zero-order valence-corrected chi connectivity index (χ0v) is 9.88. The van der Waals surface area contributed by atoms with Crippen LogP contribution in [0.5, 0.6) is 0 Å². The maximum Gasteiger partial charge on any atom is 0.357 e. The van der Waals surface area contributed by atoms with E-state index in [0.29, 0.717) is 6.61 Å². The van der Waals surface area contributed by atoms with Crippen LogP contribution in [0.25, 0.3) is 0 Å². The summed E-state index contributed by atoms with van der Waals surface area (Å²) in [4.78, 5) is 26.6. The molecular weight excluding hydrogens is 222 g/mol. The van der Waals surface area contributed by atoms with Crippen LogP contribution < -0.4 is 0 Å². The maximum absolute atomic E-state index is 11.6. The van der Waals surface area contributed by atoms with Crippen molar-refractivity contribution in [2.75, 3.05) is 6.61 Å². The zero-order chi connectivity index (χ0) is 12.7. The van der Waals surface area contributed by atoms with Crippen molar-refractivity contribution >= 4 is 11.9 Å².